The molecular weight excluding hydrogens is 440 g/mol. The fraction of sp³-hybridized carbons (Fsp3) is 0.381. The maximum atomic E-state index is 13.1. The van der Waals surface area contributed by atoms with E-state index >= 15 is 0 Å². The second-order valence-electron chi connectivity index (χ2n) is 7.50. The lowest BCUT2D eigenvalue weighted by molar-refractivity contribution is -0.124. The number of thiophene rings is 1. The average Bonchev–Trinajstić information content (AvgIpc) is 3.42. The number of aromatic nitrogens is 3. The molecule has 158 valence electrons. The van der Waals surface area contributed by atoms with Gasteiger partial charge in [0.15, 0.2) is 10.6 Å². The fourth-order valence-electron chi connectivity index (χ4n) is 3.91. The molecule has 1 aromatic carbocycles. The third-order valence-electron chi connectivity index (χ3n) is 5.70. The molecule has 3 aromatic rings. The number of hydrogen-bond acceptors (Lipinski definition) is 5. The van der Waals surface area contributed by atoms with Crippen LogP contribution in [0.5, 0.6) is 0 Å². The molecule has 1 amide bonds. The Balaban J connectivity index is 1.55. The number of carbonyl (C=O) groups excluding carboxylic acids is 1. The lowest BCUT2D eigenvalue weighted by Gasteiger charge is -2.38. The first-order valence-corrected chi connectivity index (χ1v) is 11.5. The molecule has 6 nitrogen and oxygen atoms in total. The van der Waals surface area contributed by atoms with Crippen molar-refractivity contribution in [3.8, 4) is 10.7 Å². The third-order valence-corrected chi connectivity index (χ3v) is 7.09. The minimum absolute atomic E-state index is 0.0989. The van der Waals surface area contributed by atoms with Gasteiger partial charge in [0.2, 0.25) is 5.91 Å². The van der Waals surface area contributed by atoms with Crippen LogP contribution in [0.4, 0.5) is 0 Å². The largest absolute Gasteiger partial charge is 0.381 e. The van der Waals surface area contributed by atoms with Crippen LogP contribution in [-0.2, 0) is 14.9 Å². The Hall–Kier alpha value is -2.00. The summed E-state index contributed by atoms with van der Waals surface area (Å²) in [5.41, 5.74) is 0.929. The van der Waals surface area contributed by atoms with Gasteiger partial charge in [0.25, 0.3) is 0 Å². The summed E-state index contributed by atoms with van der Waals surface area (Å²) < 4.78 is 7.79. The number of carbonyl (C=O) groups is 1. The molecule has 1 aliphatic rings. The number of aromatic amines is 1. The number of hydrogen-bond donors (Lipinski definition) is 2. The Morgan fingerprint density at radius 1 is 1.40 bits per heavy atom. The monoisotopic (exact) mass is 462 g/mol. The van der Waals surface area contributed by atoms with Crippen LogP contribution in [0.3, 0.4) is 0 Å². The Labute approximate surface area is 189 Å². The molecule has 1 atom stereocenters. The number of nitrogens with zero attached hydrogens (tertiary/aromatic N) is 2. The van der Waals surface area contributed by atoms with Gasteiger partial charge in [0.05, 0.1) is 4.88 Å². The van der Waals surface area contributed by atoms with Gasteiger partial charge in [-0.15, -0.1) is 11.3 Å². The summed E-state index contributed by atoms with van der Waals surface area (Å²) in [5, 5.41) is 13.0. The van der Waals surface area contributed by atoms with Crippen LogP contribution in [-0.4, -0.2) is 40.4 Å². The van der Waals surface area contributed by atoms with Gasteiger partial charge in [-0.2, -0.15) is 5.10 Å². The van der Waals surface area contributed by atoms with Crippen LogP contribution in [0.2, 0.25) is 5.02 Å². The van der Waals surface area contributed by atoms with Gasteiger partial charge in [-0.25, -0.2) is 0 Å². The predicted octanol–water partition coefficient (Wildman–Crippen LogP) is 4.75. The van der Waals surface area contributed by atoms with Crippen LogP contribution in [0.25, 0.3) is 10.7 Å². The SMILES string of the molecule is CC(C(=O)NCC1(c2cccc(Cl)c2)CCOCC1)n1c(-c2cccs2)n[nH]c1=S. The Bertz CT molecular complexity index is 1070. The zero-order chi connectivity index (χ0) is 21.1. The summed E-state index contributed by atoms with van der Waals surface area (Å²) >= 11 is 13.2. The first-order valence-electron chi connectivity index (χ1n) is 9.82. The van der Waals surface area contributed by atoms with Crippen molar-refractivity contribution in [1.82, 2.24) is 20.1 Å². The highest BCUT2D eigenvalue weighted by Gasteiger charge is 2.35. The molecule has 3 heterocycles. The molecule has 0 aliphatic carbocycles. The quantitative estimate of drug-likeness (QED) is 0.518. The summed E-state index contributed by atoms with van der Waals surface area (Å²) in [5.74, 6) is 0.575. The van der Waals surface area contributed by atoms with E-state index in [1.54, 1.807) is 15.9 Å². The molecule has 0 spiro atoms. The number of amides is 1. The van der Waals surface area contributed by atoms with Crippen molar-refractivity contribution >= 4 is 41.1 Å². The van der Waals surface area contributed by atoms with Crippen LogP contribution < -0.4 is 5.32 Å². The standard InChI is InChI=1S/C21H23ClN4O2S2/c1-14(26-18(24-25-20(26)29)17-6-3-11-30-17)19(27)23-13-21(7-9-28-10-8-21)15-4-2-5-16(22)12-15/h2-6,11-12,14H,7-10,13H2,1H3,(H,23,27)(H,25,29). The molecule has 9 heteroatoms. The van der Waals surface area contributed by atoms with Crippen molar-refractivity contribution in [2.24, 2.45) is 0 Å². The summed E-state index contributed by atoms with van der Waals surface area (Å²) in [6, 6.07) is 11.3. The van der Waals surface area contributed by atoms with Gasteiger partial charge in [-0.05, 0) is 61.1 Å². The number of halogens is 1. The molecule has 4 rings (SSSR count). The highest BCUT2D eigenvalue weighted by Crippen LogP contribution is 2.35. The summed E-state index contributed by atoms with van der Waals surface area (Å²) in [6.07, 6.45) is 1.65. The molecule has 2 aromatic heterocycles. The van der Waals surface area contributed by atoms with E-state index in [4.69, 9.17) is 28.6 Å². The minimum Gasteiger partial charge on any atom is -0.381 e. The second-order valence-corrected chi connectivity index (χ2v) is 9.27. The first-order chi connectivity index (χ1) is 14.5. The molecule has 2 N–H and O–H groups in total. The Morgan fingerprint density at radius 3 is 2.90 bits per heavy atom. The van der Waals surface area contributed by atoms with Gasteiger partial charge >= 0.3 is 0 Å². The van der Waals surface area contributed by atoms with E-state index in [2.05, 4.69) is 21.6 Å². The van der Waals surface area contributed by atoms with Crippen LogP contribution in [0.15, 0.2) is 41.8 Å². The maximum Gasteiger partial charge on any atom is 0.242 e. The van der Waals surface area contributed by atoms with E-state index in [1.807, 2.05) is 42.6 Å². The first kappa shape index (κ1) is 21.2. The van der Waals surface area contributed by atoms with Gasteiger partial charge in [0, 0.05) is 30.2 Å². The van der Waals surface area contributed by atoms with Crippen LogP contribution >= 0.6 is 35.2 Å². The fourth-order valence-corrected chi connectivity index (χ4v) is 5.10. The molecular formula is C21H23ClN4O2S2. The van der Waals surface area contributed by atoms with E-state index < -0.39 is 6.04 Å². The highest BCUT2D eigenvalue weighted by atomic mass is 35.5. The van der Waals surface area contributed by atoms with Crippen molar-refractivity contribution in [1.29, 1.82) is 0 Å². The minimum atomic E-state index is -0.496. The number of rotatable bonds is 6. The normalized spacial score (nSPS) is 16.9. The molecule has 1 saturated heterocycles. The number of ether oxygens (including phenoxy) is 1. The zero-order valence-electron chi connectivity index (χ0n) is 16.6. The summed E-state index contributed by atoms with van der Waals surface area (Å²) in [4.78, 5) is 14.1. The smallest absolute Gasteiger partial charge is 0.242 e. The number of benzene rings is 1. The van der Waals surface area contributed by atoms with E-state index in [0.717, 1.165) is 23.3 Å². The van der Waals surface area contributed by atoms with E-state index in [9.17, 15) is 4.79 Å². The van der Waals surface area contributed by atoms with Crippen molar-refractivity contribution < 1.29 is 9.53 Å². The van der Waals surface area contributed by atoms with Gasteiger partial charge in [0.1, 0.15) is 6.04 Å². The summed E-state index contributed by atoms with van der Waals surface area (Å²) in [6.45, 7) is 3.67. The molecule has 30 heavy (non-hydrogen) atoms. The summed E-state index contributed by atoms with van der Waals surface area (Å²) in [7, 11) is 0. The maximum absolute atomic E-state index is 13.1. The van der Waals surface area contributed by atoms with Crippen molar-refractivity contribution in [3.63, 3.8) is 0 Å². The van der Waals surface area contributed by atoms with E-state index in [1.165, 1.54) is 0 Å². The van der Waals surface area contributed by atoms with Crippen LogP contribution in [0, 0.1) is 4.77 Å². The van der Waals surface area contributed by atoms with Crippen molar-refractivity contribution in [2.45, 2.75) is 31.2 Å². The Morgan fingerprint density at radius 2 is 2.20 bits per heavy atom. The molecule has 1 fully saturated rings. The van der Waals surface area contributed by atoms with Gasteiger partial charge in [-0.1, -0.05) is 29.8 Å². The van der Waals surface area contributed by atoms with Crippen LogP contribution in [0.1, 0.15) is 31.4 Å². The zero-order valence-corrected chi connectivity index (χ0v) is 18.9. The third kappa shape index (κ3) is 4.23. The lowest BCUT2D eigenvalue weighted by atomic mass is 9.74. The molecule has 1 unspecified atom stereocenters. The average molecular weight is 463 g/mol. The number of H-pyrrole nitrogens is 1. The molecule has 1 aliphatic heterocycles. The van der Waals surface area contributed by atoms with Gasteiger partial charge < -0.3 is 10.1 Å². The predicted molar refractivity (Wildman–Crippen MR) is 122 cm³/mol. The topological polar surface area (TPSA) is 71.9 Å². The Kier molecular flexibility index (Phi) is 6.38. The van der Waals surface area contributed by atoms with Crippen molar-refractivity contribution in [2.75, 3.05) is 19.8 Å². The molecule has 0 bridgehead atoms. The van der Waals surface area contributed by atoms with Crippen molar-refractivity contribution in [3.05, 3.63) is 57.1 Å². The van der Waals surface area contributed by atoms with Gasteiger partial charge in [-0.3, -0.25) is 14.5 Å². The van der Waals surface area contributed by atoms with E-state index in [0.29, 0.717) is 35.4 Å². The highest BCUT2D eigenvalue weighted by molar-refractivity contribution is 7.71. The molecule has 0 saturated carbocycles. The molecule has 0 radical (unpaired) electrons. The van der Waals surface area contributed by atoms with E-state index in [-0.39, 0.29) is 11.3 Å². The second kappa shape index (κ2) is 9.01. The number of nitrogens with one attached hydrogen (secondary N) is 2. The lowest BCUT2D eigenvalue weighted by Crippen LogP contribution is -2.46.